The van der Waals surface area contributed by atoms with E-state index in [0.29, 0.717) is 18.7 Å². The van der Waals surface area contributed by atoms with E-state index in [1.807, 2.05) is 32.9 Å². The van der Waals surface area contributed by atoms with Crippen molar-refractivity contribution in [1.29, 1.82) is 0 Å². The summed E-state index contributed by atoms with van der Waals surface area (Å²) in [6.45, 7) is 8.52. The summed E-state index contributed by atoms with van der Waals surface area (Å²) in [7, 11) is 0. The molecular weight excluding hydrogens is 268 g/mol. The molecule has 1 aromatic rings. The van der Waals surface area contributed by atoms with Crippen molar-refractivity contribution in [2.75, 3.05) is 6.54 Å². The average molecular weight is 292 g/mol. The van der Waals surface area contributed by atoms with Crippen LogP contribution in [0.4, 0.5) is 0 Å². The van der Waals surface area contributed by atoms with Crippen LogP contribution in [0, 0.1) is 0 Å². The Morgan fingerprint density at radius 2 is 1.76 bits per heavy atom. The lowest BCUT2D eigenvalue weighted by atomic mass is 10.1. The van der Waals surface area contributed by atoms with Crippen molar-refractivity contribution in [1.82, 2.24) is 10.6 Å². The maximum absolute atomic E-state index is 12.0. The zero-order chi connectivity index (χ0) is 15.8. The molecule has 5 nitrogen and oxygen atoms in total. The molecule has 2 amide bonds. The minimum Gasteiger partial charge on any atom is -0.374 e. The fraction of sp³-hybridized carbons (Fsp3) is 0.500. The van der Waals surface area contributed by atoms with Crippen molar-refractivity contribution in [3.8, 4) is 0 Å². The van der Waals surface area contributed by atoms with Gasteiger partial charge in [-0.15, -0.1) is 0 Å². The first kappa shape index (κ1) is 17.2. The summed E-state index contributed by atoms with van der Waals surface area (Å²) in [6.07, 6.45) is 0.172. The van der Waals surface area contributed by atoms with E-state index >= 15 is 0 Å². The Morgan fingerprint density at radius 3 is 2.29 bits per heavy atom. The Morgan fingerprint density at radius 1 is 1.14 bits per heavy atom. The van der Waals surface area contributed by atoms with Gasteiger partial charge in [-0.3, -0.25) is 9.59 Å². The quantitative estimate of drug-likeness (QED) is 0.806. The average Bonchev–Trinajstić information content (AvgIpc) is 2.45. The molecule has 0 fully saturated rings. The molecule has 0 heterocycles. The molecule has 1 rings (SSSR count). The second-order valence-corrected chi connectivity index (χ2v) is 5.15. The highest BCUT2D eigenvalue weighted by Crippen LogP contribution is 2.07. The van der Waals surface area contributed by atoms with Gasteiger partial charge in [-0.25, -0.2) is 0 Å². The minimum absolute atomic E-state index is 0.172. The van der Waals surface area contributed by atoms with Gasteiger partial charge in [0.25, 0.3) is 5.91 Å². The Kier molecular flexibility index (Phi) is 6.88. The summed E-state index contributed by atoms with van der Waals surface area (Å²) in [5.41, 5.74) is 1.54. The highest BCUT2D eigenvalue weighted by Gasteiger charge is 2.15. The first-order valence-corrected chi connectivity index (χ1v) is 7.23. The monoisotopic (exact) mass is 292 g/mol. The first-order valence-electron chi connectivity index (χ1n) is 7.23. The predicted molar refractivity (Wildman–Crippen MR) is 82.0 cm³/mol. The summed E-state index contributed by atoms with van der Waals surface area (Å²) < 4.78 is 5.50. The molecule has 0 aliphatic carbocycles. The smallest absolute Gasteiger partial charge is 0.251 e. The topological polar surface area (TPSA) is 67.4 Å². The molecule has 0 aliphatic rings. The first-order chi connectivity index (χ1) is 9.93. The molecule has 1 atom stereocenters. The van der Waals surface area contributed by atoms with E-state index in [0.717, 1.165) is 5.56 Å². The van der Waals surface area contributed by atoms with Gasteiger partial charge >= 0.3 is 0 Å². The third-order valence-corrected chi connectivity index (χ3v) is 2.89. The van der Waals surface area contributed by atoms with Crippen LogP contribution in [0.25, 0.3) is 0 Å². The fourth-order valence-electron chi connectivity index (χ4n) is 1.69. The van der Waals surface area contributed by atoms with E-state index in [4.69, 9.17) is 4.74 Å². The highest BCUT2D eigenvalue weighted by atomic mass is 16.5. The summed E-state index contributed by atoms with van der Waals surface area (Å²) in [4.78, 5) is 23.6. The van der Waals surface area contributed by atoms with E-state index in [1.54, 1.807) is 19.1 Å². The standard InChI is InChI=1S/C16H24N2O3/c1-5-17-15(19)12(4)18-16(20)14-8-6-13(7-9-14)10-21-11(2)3/h6-9,11-12H,5,10H2,1-4H3,(H,17,19)(H,18,20)/t12-/m1/s1. The Balaban J connectivity index is 2.56. The molecule has 0 saturated heterocycles. The molecule has 0 aromatic heterocycles. The van der Waals surface area contributed by atoms with Crippen LogP contribution in [0.5, 0.6) is 0 Å². The third kappa shape index (κ3) is 5.95. The van der Waals surface area contributed by atoms with E-state index in [2.05, 4.69) is 10.6 Å². The lowest BCUT2D eigenvalue weighted by molar-refractivity contribution is -0.122. The largest absolute Gasteiger partial charge is 0.374 e. The maximum Gasteiger partial charge on any atom is 0.251 e. The molecule has 0 bridgehead atoms. The van der Waals surface area contributed by atoms with Gasteiger partial charge in [-0.05, 0) is 45.4 Å². The van der Waals surface area contributed by atoms with E-state index in [1.165, 1.54) is 0 Å². The number of nitrogens with one attached hydrogen (secondary N) is 2. The van der Waals surface area contributed by atoms with Gasteiger partial charge in [-0.2, -0.15) is 0 Å². The van der Waals surface area contributed by atoms with Crippen LogP contribution < -0.4 is 10.6 Å². The Hall–Kier alpha value is -1.88. The van der Waals surface area contributed by atoms with E-state index < -0.39 is 6.04 Å². The van der Waals surface area contributed by atoms with Crippen LogP contribution in [-0.4, -0.2) is 30.5 Å². The molecule has 0 saturated carbocycles. The third-order valence-electron chi connectivity index (χ3n) is 2.89. The number of ether oxygens (including phenoxy) is 1. The summed E-state index contributed by atoms with van der Waals surface area (Å²) in [6, 6.07) is 6.63. The number of hydrogen-bond donors (Lipinski definition) is 2. The van der Waals surface area contributed by atoms with Crippen molar-refractivity contribution in [2.24, 2.45) is 0 Å². The minimum atomic E-state index is -0.554. The van der Waals surface area contributed by atoms with Crippen molar-refractivity contribution in [3.05, 3.63) is 35.4 Å². The van der Waals surface area contributed by atoms with Crippen LogP contribution in [0.2, 0.25) is 0 Å². The SMILES string of the molecule is CCNC(=O)[C@@H](C)NC(=O)c1ccc(COC(C)C)cc1. The normalized spacial score (nSPS) is 12.0. The predicted octanol–water partition coefficient (Wildman–Crippen LogP) is 1.87. The van der Waals surface area contributed by atoms with Gasteiger partial charge in [0.05, 0.1) is 12.7 Å². The van der Waals surface area contributed by atoms with E-state index in [9.17, 15) is 9.59 Å². The van der Waals surface area contributed by atoms with Crippen LogP contribution in [0.15, 0.2) is 24.3 Å². The van der Waals surface area contributed by atoms with Crippen LogP contribution in [-0.2, 0) is 16.1 Å². The lowest BCUT2D eigenvalue weighted by Gasteiger charge is -2.13. The second-order valence-electron chi connectivity index (χ2n) is 5.15. The number of carbonyl (C=O) groups is 2. The van der Waals surface area contributed by atoms with Crippen molar-refractivity contribution >= 4 is 11.8 Å². The Bertz CT molecular complexity index is 469. The van der Waals surface area contributed by atoms with Crippen LogP contribution in [0.1, 0.15) is 43.6 Å². The number of carbonyl (C=O) groups excluding carboxylic acids is 2. The number of likely N-dealkylation sites (N-methyl/N-ethyl adjacent to an activating group) is 1. The van der Waals surface area contributed by atoms with Crippen LogP contribution >= 0.6 is 0 Å². The number of hydrogen-bond acceptors (Lipinski definition) is 3. The van der Waals surface area contributed by atoms with Gasteiger partial charge in [0.1, 0.15) is 6.04 Å². The van der Waals surface area contributed by atoms with Crippen molar-refractivity contribution in [3.63, 3.8) is 0 Å². The highest BCUT2D eigenvalue weighted by molar-refractivity contribution is 5.97. The zero-order valence-electron chi connectivity index (χ0n) is 13.1. The summed E-state index contributed by atoms with van der Waals surface area (Å²) in [5, 5.41) is 5.34. The summed E-state index contributed by atoms with van der Waals surface area (Å²) in [5.74, 6) is -0.446. The second kappa shape index (κ2) is 8.42. The molecule has 116 valence electrons. The molecule has 0 unspecified atom stereocenters. The molecule has 0 aliphatic heterocycles. The molecular formula is C16H24N2O3. The van der Waals surface area contributed by atoms with Gasteiger partial charge in [0, 0.05) is 12.1 Å². The van der Waals surface area contributed by atoms with Gasteiger partial charge < -0.3 is 15.4 Å². The zero-order valence-corrected chi connectivity index (χ0v) is 13.1. The molecule has 5 heteroatoms. The number of amides is 2. The fourth-order valence-corrected chi connectivity index (χ4v) is 1.69. The molecule has 21 heavy (non-hydrogen) atoms. The van der Waals surface area contributed by atoms with Gasteiger partial charge in [-0.1, -0.05) is 12.1 Å². The maximum atomic E-state index is 12.0. The molecule has 2 N–H and O–H groups in total. The number of benzene rings is 1. The van der Waals surface area contributed by atoms with E-state index in [-0.39, 0.29) is 17.9 Å². The van der Waals surface area contributed by atoms with Crippen molar-refractivity contribution in [2.45, 2.75) is 46.4 Å². The van der Waals surface area contributed by atoms with Crippen LogP contribution in [0.3, 0.4) is 0 Å². The van der Waals surface area contributed by atoms with Gasteiger partial charge in [0.15, 0.2) is 0 Å². The number of rotatable bonds is 7. The molecule has 0 spiro atoms. The van der Waals surface area contributed by atoms with Gasteiger partial charge in [0.2, 0.25) is 5.91 Å². The molecule has 0 radical (unpaired) electrons. The lowest BCUT2D eigenvalue weighted by Crippen LogP contribution is -2.44. The van der Waals surface area contributed by atoms with Crippen molar-refractivity contribution < 1.29 is 14.3 Å². The Labute approximate surface area is 126 Å². The molecule has 1 aromatic carbocycles. The summed E-state index contributed by atoms with van der Waals surface area (Å²) >= 11 is 0.